The van der Waals surface area contributed by atoms with E-state index in [1.807, 2.05) is 6.92 Å². The van der Waals surface area contributed by atoms with Crippen molar-refractivity contribution in [3.8, 4) is 5.75 Å². The van der Waals surface area contributed by atoms with Gasteiger partial charge in [-0.25, -0.2) is 14.5 Å². The molecule has 0 saturated heterocycles. The molecule has 0 unspecified atom stereocenters. The van der Waals surface area contributed by atoms with Crippen LogP contribution in [0.25, 0.3) is 0 Å². The van der Waals surface area contributed by atoms with E-state index in [0.29, 0.717) is 24.2 Å². The molecule has 0 fully saturated rings. The first kappa shape index (κ1) is 24.5. The Bertz CT molecular complexity index is 1060. The number of rotatable bonds is 9. The maximum absolute atomic E-state index is 13.0. The number of nitrogens with zero attached hydrogens (tertiary/aromatic N) is 3. The fourth-order valence-electron chi connectivity index (χ4n) is 2.63. The van der Waals surface area contributed by atoms with E-state index in [1.165, 1.54) is 29.3 Å². The lowest BCUT2D eigenvalue weighted by Gasteiger charge is -2.22. The van der Waals surface area contributed by atoms with Gasteiger partial charge >= 0.3 is 7.82 Å². The van der Waals surface area contributed by atoms with Crippen molar-refractivity contribution in [1.29, 1.82) is 0 Å². The van der Waals surface area contributed by atoms with Crippen LogP contribution in [0.3, 0.4) is 0 Å². The summed E-state index contributed by atoms with van der Waals surface area (Å²) in [6.07, 6.45) is 4.43. The number of nitrogen functional groups attached to an aromatic ring is 1. The lowest BCUT2D eigenvalue weighted by atomic mass is 10.1. The van der Waals surface area contributed by atoms with Gasteiger partial charge in [0, 0.05) is 11.8 Å². The van der Waals surface area contributed by atoms with Crippen molar-refractivity contribution in [1.82, 2.24) is 9.97 Å². The molecular weight excluding hydrogens is 443 g/mol. The predicted molar refractivity (Wildman–Crippen MR) is 119 cm³/mol. The molecule has 12 heteroatoms. The third-order valence-corrected chi connectivity index (χ3v) is 5.74. The number of aryl methyl sites for hydroxylation is 1. The van der Waals surface area contributed by atoms with Gasteiger partial charge in [0.25, 0.3) is 0 Å². The zero-order valence-electron chi connectivity index (χ0n) is 17.2. The van der Waals surface area contributed by atoms with Crippen LogP contribution in [-0.4, -0.2) is 31.3 Å². The van der Waals surface area contributed by atoms with Crippen molar-refractivity contribution in [3.63, 3.8) is 0 Å². The Balaban J connectivity index is 2.50. The van der Waals surface area contributed by atoms with E-state index < -0.39 is 12.9 Å². The fourth-order valence-corrected chi connectivity index (χ4v) is 3.79. The summed E-state index contributed by atoms with van der Waals surface area (Å²) in [5, 5.41) is -0.416. The Morgan fingerprint density at radius 3 is 2.65 bits per heavy atom. The quantitative estimate of drug-likeness (QED) is 0.370. The largest absolute Gasteiger partial charge is 0.524 e. The molecule has 31 heavy (non-hydrogen) atoms. The van der Waals surface area contributed by atoms with Gasteiger partial charge < -0.3 is 15.2 Å². The number of aromatic nitrogens is 2. The smallest absolute Gasteiger partial charge is 0.404 e. The lowest BCUT2D eigenvalue weighted by Crippen LogP contribution is -2.23. The number of allylic oxidation sites excluding steroid dienone is 2. The molecule has 0 aliphatic heterocycles. The number of phosphoric ester groups is 1. The van der Waals surface area contributed by atoms with Crippen LogP contribution in [0.4, 0.5) is 11.5 Å². The molecule has 0 spiro atoms. The second-order valence-electron chi connectivity index (χ2n) is 6.32. The van der Waals surface area contributed by atoms with Crippen LogP contribution >= 0.6 is 19.6 Å². The molecule has 10 nitrogen and oxygen atoms in total. The van der Waals surface area contributed by atoms with Crippen LogP contribution in [-0.2, 0) is 15.9 Å². The van der Waals surface area contributed by atoms with E-state index in [2.05, 4.69) is 14.5 Å². The van der Waals surface area contributed by atoms with Crippen molar-refractivity contribution in [3.05, 3.63) is 52.3 Å². The first-order chi connectivity index (χ1) is 14.6. The number of nitrogens with two attached hydrogens (primary N) is 1. The number of thioether (sulfide) groups is 1. The highest BCUT2D eigenvalue weighted by molar-refractivity contribution is 8.17. The number of carbonyl (C=O) groups is 2. The summed E-state index contributed by atoms with van der Waals surface area (Å²) in [5.41, 5.74) is 6.65. The molecule has 0 atom stereocenters. The van der Waals surface area contributed by atoms with Crippen LogP contribution in [0.15, 0.2) is 35.4 Å². The molecule has 0 radical (unpaired) electrons. The van der Waals surface area contributed by atoms with Crippen LogP contribution < -0.4 is 15.2 Å². The average molecular weight is 466 g/mol. The minimum absolute atomic E-state index is 0.0104. The van der Waals surface area contributed by atoms with E-state index in [-0.39, 0.29) is 29.4 Å². The van der Waals surface area contributed by atoms with Gasteiger partial charge in [0.15, 0.2) is 0 Å². The Labute approximate surface area is 183 Å². The maximum atomic E-state index is 13.0. The zero-order valence-corrected chi connectivity index (χ0v) is 18.9. The van der Waals surface area contributed by atoms with E-state index in [4.69, 9.17) is 15.5 Å². The van der Waals surface area contributed by atoms with Crippen LogP contribution in [0.2, 0.25) is 0 Å². The van der Waals surface area contributed by atoms with Gasteiger partial charge in [-0.3, -0.25) is 19.4 Å². The summed E-state index contributed by atoms with van der Waals surface area (Å²) >= 11 is 0.959. The van der Waals surface area contributed by atoms with Gasteiger partial charge in [0.05, 0.1) is 17.8 Å². The summed E-state index contributed by atoms with van der Waals surface area (Å²) in [7, 11) is -4.83. The summed E-state index contributed by atoms with van der Waals surface area (Å²) < 4.78 is 15.8. The maximum Gasteiger partial charge on any atom is 0.524 e. The zero-order chi connectivity index (χ0) is 23.2. The lowest BCUT2D eigenvalue weighted by molar-refractivity contribution is -0.107. The molecule has 1 aromatic carbocycles. The van der Waals surface area contributed by atoms with E-state index >= 15 is 0 Å². The van der Waals surface area contributed by atoms with Gasteiger partial charge in [-0.1, -0.05) is 24.8 Å². The molecule has 1 heterocycles. The molecule has 0 aliphatic carbocycles. The molecule has 1 aromatic heterocycles. The van der Waals surface area contributed by atoms with Gasteiger partial charge in [-0.15, -0.1) is 0 Å². The summed E-state index contributed by atoms with van der Waals surface area (Å²) in [6, 6.07) is 3.83. The molecule has 0 saturated carbocycles. The first-order valence-electron chi connectivity index (χ1n) is 9.14. The first-order valence-corrected chi connectivity index (χ1v) is 11.5. The van der Waals surface area contributed by atoms with E-state index in [9.17, 15) is 14.2 Å². The van der Waals surface area contributed by atoms with Crippen molar-refractivity contribution in [2.45, 2.75) is 33.7 Å². The Morgan fingerprint density at radius 1 is 1.39 bits per heavy atom. The van der Waals surface area contributed by atoms with Crippen LogP contribution in [0.1, 0.15) is 42.0 Å². The Morgan fingerprint density at radius 2 is 2.10 bits per heavy atom. The normalized spacial score (nSPS) is 11.8. The molecule has 4 N–H and O–H groups in total. The van der Waals surface area contributed by atoms with Crippen LogP contribution in [0, 0.1) is 6.92 Å². The van der Waals surface area contributed by atoms with Crippen molar-refractivity contribution in [2.75, 3.05) is 10.6 Å². The third kappa shape index (κ3) is 6.90. The number of benzene rings is 1. The van der Waals surface area contributed by atoms with Gasteiger partial charge in [0.1, 0.15) is 17.4 Å². The molecule has 2 rings (SSSR count). The summed E-state index contributed by atoms with van der Waals surface area (Å²) in [4.78, 5) is 53.2. The number of amides is 1. The van der Waals surface area contributed by atoms with Gasteiger partial charge in [-0.05, 0) is 43.4 Å². The number of anilines is 2. The number of hydrogen-bond donors (Lipinski definition) is 3. The Hall–Kier alpha value is -2.72. The van der Waals surface area contributed by atoms with Crippen molar-refractivity contribution >= 4 is 42.6 Å². The standard InChI is InChI=1S/C19H23N4O6PS/c1-4-15(5-2)31-19(25)16-8-14(29-30(26,27)28)6-7-17(16)23(11-24)10-13-9-21-12(3)22-18(13)20/h4,6-9,11H,5,10H2,1-3H3,(H2,20,21,22)(H2,26,27,28)/b15-4+. The van der Waals surface area contributed by atoms with Gasteiger partial charge in [0.2, 0.25) is 11.5 Å². The number of hydrogen-bond acceptors (Lipinski definition) is 8. The highest BCUT2D eigenvalue weighted by Crippen LogP contribution is 2.40. The van der Waals surface area contributed by atoms with Gasteiger partial charge in [-0.2, -0.15) is 0 Å². The SMILES string of the molecule is C/C=C(\CC)SC(=O)c1cc(OP(=O)(O)O)ccc1N(C=O)Cc1cnc(C)nc1N. The molecule has 0 aliphatic rings. The summed E-state index contributed by atoms with van der Waals surface area (Å²) in [5.74, 6) is 0.470. The summed E-state index contributed by atoms with van der Waals surface area (Å²) in [6.45, 7) is 5.36. The fraction of sp³-hybridized carbons (Fsp3) is 0.263. The Kier molecular flexibility index (Phi) is 8.35. The molecule has 0 bridgehead atoms. The van der Waals surface area contributed by atoms with Crippen molar-refractivity contribution in [2.24, 2.45) is 0 Å². The second-order valence-corrected chi connectivity index (χ2v) is 8.58. The topological polar surface area (TPSA) is 156 Å². The van der Waals surface area contributed by atoms with Crippen molar-refractivity contribution < 1.29 is 28.5 Å². The highest BCUT2D eigenvalue weighted by atomic mass is 32.2. The molecular formula is C19H23N4O6PS. The number of phosphoric acid groups is 1. The number of carbonyl (C=O) groups excluding carboxylic acids is 2. The molecule has 1 amide bonds. The third-order valence-electron chi connectivity index (χ3n) is 4.10. The highest BCUT2D eigenvalue weighted by Gasteiger charge is 2.23. The van der Waals surface area contributed by atoms with E-state index in [0.717, 1.165) is 16.7 Å². The average Bonchev–Trinajstić information content (AvgIpc) is 2.70. The minimum atomic E-state index is -4.83. The monoisotopic (exact) mass is 466 g/mol. The molecule has 2 aromatic rings. The van der Waals surface area contributed by atoms with E-state index in [1.54, 1.807) is 19.9 Å². The van der Waals surface area contributed by atoms with Crippen LogP contribution in [0.5, 0.6) is 5.75 Å². The second kappa shape index (κ2) is 10.5. The predicted octanol–water partition coefficient (Wildman–Crippen LogP) is 3.19. The molecule has 166 valence electrons. The minimum Gasteiger partial charge on any atom is -0.404 e.